The maximum atomic E-state index is 10.2. The Morgan fingerprint density at radius 2 is 1.82 bits per heavy atom. The van der Waals surface area contributed by atoms with Gasteiger partial charge in [0.05, 0.1) is 12.7 Å². The van der Waals surface area contributed by atoms with Crippen molar-refractivity contribution in [3.8, 4) is 0 Å². The maximum Gasteiger partial charge on any atom is 0.117 e. The van der Waals surface area contributed by atoms with E-state index in [0.717, 1.165) is 12.8 Å². The van der Waals surface area contributed by atoms with Gasteiger partial charge in [0.1, 0.15) is 30.5 Å². The Kier molecular flexibility index (Phi) is 2.76. The average molecular weight is 242 g/mol. The van der Waals surface area contributed by atoms with Crippen molar-refractivity contribution in [2.45, 2.75) is 56.4 Å². The van der Waals surface area contributed by atoms with Gasteiger partial charge in [-0.1, -0.05) is 13.3 Å². The van der Waals surface area contributed by atoms with Crippen LogP contribution in [-0.4, -0.2) is 58.6 Å². The summed E-state index contributed by atoms with van der Waals surface area (Å²) in [5, 5.41) is 30.3. The summed E-state index contributed by atoms with van der Waals surface area (Å²) in [6.45, 7) is 2.30. The van der Waals surface area contributed by atoms with Gasteiger partial charge in [0.15, 0.2) is 0 Å². The summed E-state index contributed by atoms with van der Waals surface area (Å²) < 4.78 is 10.8. The molecule has 2 aliphatic heterocycles. The zero-order valence-corrected chi connectivity index (χ0v) is 9.74. The highest BCUT2D eigenvalue weighted by atomic mass is 16.6. The van der Waals surface area contributed by atoms with E-state index in [9.17, 15) is 15.3 Å². The molecule has 0 aromatic carbocycles. The summed E-state index contributed by atoms with van der Waals surface area (Å²) in [4.78, 5) is 0. The van der Waals surface area contributed by atoms with Crippen LogP contribution in [0, 0.1) is 0 Å². The fraction of sp³-hybridized carbons (Fsp3) is 0.833. The van der Waals surface area contributed by atoms with E-state index in [0.29, 0.717) is 11.1 Å². The molecule has 0 spiro atoms. The van der Waals surface area contributed by atoms with Crippen molar-refractivity contribution in [3.05, 3.63) is 11.1 Å². The third kappa shape index (κ3) is 1.65. The number of rotatable bonds is 2. The lowest BCUT2D eigenvalue weighted by molar-refractivity contribution is -0.0522. The van der Waals surface area contributed by atoms with E-state index in [1.165, 1.54) is 0 Å². The molecule has 5 nitrogen and oxygen atoms in total. The molecule has 3 N–H and O–H groups in total. The average Bonchev–Trinajstić information content (AvgIpc) is 3.09. The first kappa shape index (κ1) is 11.6. The number of hydrogen-bond donors (Lipinski definition) is 3. The third-order valence-electron chi connectivity index (χ3n) is 3.93. The summed E-state index contributed by atoms with van der Waals surface area (Å²) >= 11 is 0. The maximum absolute atomic E-state index is 10.2. The van der Waals surface area contributed by atoms with Gasteiger partial charge in [-0.05, 0) is 17.6 Å². The molecule has 3 aliphatic rings. The molecule has 1 unspecified atom stereocenters. The molecular weight excluding hydrogens is 224 g/mol. The molecule has 5 heteroatoms. The monoisotopic (exact) mass is 242 g/mol. The smallest absolute Gasteiger partial charge is 0.117 e. The molecule has 0 amide bonds. The zero-order valence-electron chi connectivity index (χ0n) is 9.74. The second-order valence-electron chi connectivity index (χ2n) is 5.02. The zero-order chi connectivity index (χ0) is 12.2. The summed E-state index contributed by atoms with van der Waals surface area (Å²) in [6, 6.07) is 0. The van der Waals surface area contributed by atoms with E-state index in [4.69, 9.17) is 9.47 Å². The number of aliphatic hydroxyl groups excluding tert-OH is 3. The Hall–Kier alpha value is -0.460. The lowest BCUT2D eigenvalue weighted by Gasteiger charge is -2.37. The first-order valence-electron chi connectivity index (χ1n) is 6.19. The highest BCUT2D eigenvalue weighted by Crippen LogP contribution is 2.44. The molecule has 2 heterocycles. The van der Waals surface area contributed by atoms with Gasteiger partial charge in [-0.2, -0.15) is 0 Å². The molecule has 0 aromatic rings. The van der Waals surface area contributed by atoms with Crippen molar-refractivity contribution in [3.63, 3.8) is 0 Å². The molecule has 0 aromatic heterocycles. The van der Waals surface area contributed by atoms with Crippen molar-refractivity contribution in [1.82, 2.24) is 0 Å². The van der Waals surface area contributed by atoms with Crippen LogP contribution in [0.3, 0.4) is 0 Å². The fourth-order valence-corrected chi connectivity index (χ4v) is 2.93. The summed E-state index contributed by atoms with van der Waals surface area (Å²) in [5.74, 6) is 0. The van der Waals surface area contributed by atoms with Gasteiger partial charge in [-0.3, -0.25) is 0 Å². The van der Waals surface area contributed by atoms with Crippen molar-refractivity contribution in [2.75, 3.05) is 6.61 Å². The Balaban J connectivity index is 1.89. The van der Waals surface area contributed by atoms with Gasteiger partial charge in [0.25, 0.3) is 0 Å². The molecule has 1 saturated heterocycles. The van der Waals surface area contributed by atoms with E-state index in [2.05, 4.69) is 0 Å². The van der Waals surface area contributed by atoms with Gasteiger partial charge in [-0.25, -0.2) is 0 Å². The number of hydrogen-bond acceptors (Lipinski definition) is 5. The lowest BCUT2D eigenvalue weighted by Crippen LogP contribution is -2.48. The van der Waals surface area contributed by atoms with Crippen molar-refractivity contribution in [2.24, 2.45) is 0 Å². The van der Waals surface area contributed by atoms with Gasteiger partial charge in [-0.15, -0.1) is 0 Å². The van der Waals surface area contributed by atoms with Crippen molar-refractivity contribution < 1.29 is 24.8 Å². The van der Waals surface area contributed by atoms with Gasteiger partial charge in [0.2, 0.25) is 0 Å². The molecule has 0 bridgehead atoms. The third-order valence-corrected chi connectivity index (χ3v) is 3.93. The molecular formula is C12H18O5. The highest BCUT2D eigenvalue weighted by Gasteiger charge is 2.58. The first-order chi connectivity index (χ1) is 8.15. The van der Waals surface area contributed by atoms with E-state index in [1.54, 1.807) is 0 Å². The van der Waals surface area contributed by atoms with Crippen LogP contribution < -0.4 is 0 Å². The van der Waals surface area contributed by atoms with E-state index < -0.39 is 18.3 Å². The minimum atomic E-state index is -0.825. The second-order valence-corrected chi connectivity index (χ2v) is 5.02. The Morgan fingerprint density at radius 3 is 2.53 bits per heavy atom. The lowest BCUT2D eigenvalue weighted by atomic mass is 9.81. The summed E-state index contributed by atoms with van der Waals surface area (Å²) in [6.07, 6.45) is -1.65. The van der Waals surface area contributed by atoms with Crippen LogP contribution in [0.4, 0.5) is 0 Å². The minimum Gasteiger partial charge on any atom is -0.386 e. The van der Waals surface area contributed by atoms with Crippen LogP contribution in [0.5, 0.6) is 0 Å². The Morgan fingerprint density at radius 1 is 1.12 bits per heavy atom. The second kappa shape index (κ2) is 4.03. The van der Waals surface area contributed by atoms with Crippen LogP contribution in [0.1, 0.15) is 19.8 Å². The van der Waals surface area contributed by atoms with Crippen LogP contribution in [-0.2, 0) is 9.47 Å². The number of fused-ring (bicyclic) bond motifs is 1. The Labute approximate surface area is 99.7 Å². The van der Waals surface area contributed by atoms with Gasteiger partial charge < -0.3 is 24.8 Å². The largest absolute Gasteiger partial charge is 0.386 e. The first-order valence-corrected chi connectivity index (χ1v) is 6.19. The number of aliphatic hydroxyl groups is 3. The number of epoxide rings is 1. The molecule has 0 radical (unpaired) electrons. The molecule has 1 fully saturated rings. The topological polar surface area (TPSA) is 82.5 Å². The molecule has 3 rings (SSSR count). The molecule has 96 valence electrons. The summed E-state index contributed by atoms with van der Waals surface area (Å²) in [5.41, 5.74) is 1.14. The number of ether oxygens (including phenoxy) is 2. The van der Waals surface area contributed by atoms with Gasteiger partial charge in [0, 0.05) is 0 Å². The highest BCUT2D eigenvalue weighted by molar-refractivity contribution is 5.37. The van der Waals surface area contributed by atoms with Crippen LogP contribution >= 0.6 is 0 Å². The van der Waals surface area contributed by atoms with Crippen LogP contribution in [0.2, 0.25) is 0 Å². The minimum absolute atomic E-state index is 0.280. The molecule has 17 heavy (non-hydrogen) atoms. The predicted molar refractivity (Wildman–Crippen MR) is 58.4 cm³/mol. The van der Waals surface area contributed by atoms with E-state index >= 15 is 0 Å². The Bertz CT molecular complexity index is 353. The SMILES string of the molecule is CCC[C@H]1OCC2=C([C@@H]1O)[C@H](O)[C@H]1OC1[C@@H]2O. The normalized spacial score (nSPS) is 48.7. The van der Waals surface area contributed by atoms with Gasteiger partial charge >= 0.3 is 0 Å². The molecule has 1 aliphatic carbocycles. The molecule has 0 saturated carbocycles. The molecule has 6 atom stereocenters. The summed E-state index contributed by atoms with van der Waals surface area (Å²) in [7, 11) is 0. The fourth-order valence-electron chi connectivity index (χ4n) is 2.93. The standard InChI is InChI=1S/C12H18O5/c1-2-3-6-9(14)7-5(4-16-6)8(13)11-12(17-11)10(7)15/h6,8-15H,2-4H2,1H3/t6-,8-,9-,10+,11?,12-/m1/s1. The predicted octanol–water partition coefficient (Wildman–Crippen LogP) is -0.654. The van der Waals surface area contributed by atoms with Crippen molar-refractivity contribution in [1.29, 1.82) is 0 Å². The van der Waals surface area contributed by atoms with Crippen molar-refractivity contribution >= 4 is 0 Å². The van der Waals surface area contributed by atoms with Crippen LogP contribution in [0.25, 0.3) is 0 Å². The van der Waals surface area contributed by atoms with E-state index in [1.807, 2.05) is 6.92 Å². The van der Waals surface area contributed by atoms with E-state index in [-0.39, 0.29) is 24.9 Å². The van der Waals surface area contributed by atoms with Crippen LogP contribution in [0.15, 0.2) is 11.1 Å². The quantitative estimate of drug-likeness (QED) is 0.442.